The van der Waals surface area contributed by atoms with Crippen LogP contribution in [0.2, 0.25) is 0 Å². The number of hydrogen-bond donors (Lipinski definition) is 0. The summed E-state index contributed by atoms with van der Waals surface area (Å²) >= 11 is 5.67. The standard InChI is InChI=1S/C19H22N2OS/c1-20-10-12-21(13-11-20)19(23)17-8-5-9-18(14-17)22-15-16-6-3-2-4-7-16/h2-9,14H,10-13,15H2,1H3. The molecule has 4 heteroatoms. The van der Waals surface area contributed by atoms with Crippen LogP contribution < -0.4 is 4.74 Å². The van der Waals surface area contributed by atoms with Crippen LogP contribution in [0.3, 0.4) is 0 Å². The van der Waals surface area contributed by atoms with Gasteiger partial charge in [-0.25, -0.2) is 0 Å². The van der Waals surface area contributed by atoms with Gasteiger partial charge in [-0.1, -0.05) is 54.7 Å². The SMILES string of the molecule is CN1CCN(C(=S)c2cccc(OCc3ccccc3)c2)CC1. The molecule has 0 bridgehead atoms. The molecule has 0 saturated carbocycles. The van der Waals surface area contributed by atoms with Crippen LogP contribution in [0.1, 0.15) is 11.1 Å². The minimum atomic E-state index is 0.575. The average Bonchev–Trinajstić information content (AvgIpc) is 2.61. The van der Waals surface area contributed by atoms with Crippen molar-refractivity contribution in [3.63, 3.8) is 0 Å². The fourth-order valence-corrected chi connectivity index (χ4v) is 2.96. The molecule has 2 aromatic carbocycles. The van der Waals surface area contributed by atoms with Crippen molar-refractivity contribution in [2.24, 2.45) is 0 Å². The third-order valence-corrected chi connectivity index (χ3v) is 4.61. The molecule has 0 radical (unpaired) electrons. The van der Waals surface area contributed by atoms with Gasteiger partial charge in [-0.05, 0) is 24.7 Å². The van der Waals surface area contributed by atoms with Crippen LogP contribution in [0.25, 0.3) is 0 Å². The fraction of sp³-hybridized carbons (Fsp3) is 0.316. The van der Waals surface area contributed by atoms with Crippen LogP contribution in [0.5, 0.6) is 5.75 Å². The molecular formula is C19H22N2OS. The van der Waals surface area contributed by atoms with E-state index < -0.39 is 0 Å². The normalized spacial score (nSPS) is 15.4. The van der Waals surface area contributed by atoms with Crippen LogP contribution in [0, 0.1) is 0 Å². The number of rotatable bonds is 4. The second-order valence-corrected chi connectivity index (χ2v) is 6.28. The Balaban J connectivity index is 1.64. The summed E-state index contributed by atoms with van der Waals surface area (Å²) in [5, 5.41) is 0. The number of thiocarbonyl (C=S) groups is 1. The maximum Gasteiger partial charge on any atom is 0.120 e. The molecule has 0 atom stereocenters. The van der Waals surface area contributed by atoms with Gasteiger partial charge in [-0.15, -0.1) is 0 Å². The highest BCUT2D eigenvalue weighted by Gasteiger charge is 2.17. The second-order valence-electron chi connectivity index (χ2n) is 5.90. The van der Waals surface area contributed by atoms with Gasteiger partial charge < -0.3 is 14.5 Å². The predicted molar refractivity (Wildman–Crippen MR) is 98.0 cm³/mol. The zero-order valence-corrected chi connectivity index (χ0v) is 14.3. The molecule has 0 aliphatic carbocycles. The van der Waals surface area contributed by atoms with E-state index in [0.29, 0.717) is 6.61 Å². The first-order chi connectivity index (χ1) is 11.2. The van der Waals surface area contributed by atoms with Crippen molar-refractivity contribution < 1.29 is 4.74 Å². The van der Waals surface area contributed by atoms with Gasteiger partial charge in [0.2, 0.25) is 0 Å². The molecule has 0 amide bonds. The van der Waals surface area contributed by atoms with Crippen molar-refractivity contribution in [1.29, 1.82) is 0 Å². The molecule has 0 unspecified atom stereocenters. The summed E-state index contributed by atoms with van der Waals surface area (Å²) in [4.78, 5) is 5.53. The van der Waals surface area contributed by atoms with Crippen molar-refractivity contribution in [2.45, 2.75) is 6.61 Å². The lowest BCUT2D eigenvalue weighted by atomic mass is 10.2. The topological polar surface area (TPSA) is 15.7 Å². The predicted octanol–water partition coefficient (Wildman–Crippen LogP) is 3.19. The number of benzene rings is 2. The van der Waals surface area contributed by atoms with E-state index in [9.17, 15) is 0 Å². The molecule has 3 nitrogen and oxygen atoms in total. The third kappa shape index (κ3) is 4.30. The molecule has 0 spiro atoms. The second kappa shape index (κ2) is 7.57. The maximum atomic E-state index is 5.90. The van der Waals surface area contributed by atoms with E-state index in [1.165, 1.54) is 5.56 Å². The molecule has 3 rings (SSSR count). The van der Waals surface area contributed by atoms with Gasteiger partial charge in [-0.3, -0.25) is 0 Å². The highest BCUT2D eigenvalue weighted by atomic mass is 32.1. The van der Waals surface area contributed by atoms with Gasteiger partial charge in [0.05, 0.1) is 0 Å². The lowest BCUT2D eigenvalue weighted by Crippen LogP contribution is -2.46. The average molecular weight is 326 g/mol. The maximum absolute atomic E-state index is 5.90. The van der Waals surface area contributed by atoms with Gasteiger partial charge >= 0.3 is 0 Å². The van der Waals surface area contributed by atoms with Crippen molar-refractivity contribution in [2.75, 3.05) is 33.2 Å². The molecule has 1 fully saturated rings. The van der Waals surface area contributed by atoms with Gasteiger partial charge in [0.25, 0.3) is 0 Å². The Morgan fingerprint density at radius 2 is 1.74 bits per heavy atom. The molecule has 1 saturated heterocycles. The van der Waals surface area contributed by atoms with Gasteiger partial charge in [-0.2, -0.15) is 0 Å². The Labute approximate surface area is 143 Å². The smallest absolute Gasteiger partial charge is 0.120 e. The molecule has 1 aliphatic heterocycles. The van der Waals surface area contributed by atoms with Crippen LogP contribution in [0.4, 0.5) is 0 Å². The molecule has 1 aliphatic rings. The zero-order valence-electron chi connectivity index (χ0n) is 13.4. The Morgan fingerprint density at radius 1 is 1.00 bits per heavy atom. The third-order valence-electron chi connectivity index (χ3n) is 4.12. The number of nitrogens with zero attached hydrogens (tertiary/aromatic N) is 2. The number of ether oxygens (including phenoxy) is 1. The fourth-order valence-electron chi connectivity index (χ4n) is 2.65. The van der Waals surface area contributed by atoms with Crippen molar-refractivity contribution in [1.82, 2.24) is 9.80 Å². The minimum absolute atomic E-state index is 0.575. The first kappa shape index (κ1) is 16.0. The van der Waals surface area contributed by atoms with E-state index in [-0.39, 0.29) is 0 Å². The monoisotopic (exact) mass is 326 g/mol. The lowest BCUT2D eigenvalue weighted by molar-refractivity contribution is 0.218. The Hall–Kier alpha value is -1.91. The highest BCUT2D eigenvalue weighted by molar-refractivity contribution is 7.80. The zero-order chi connectivity index (χ0) is 16.1. The van der Waals surface area contributed by atoms with Crippen LogP contribution >= 0.6 is 12.2 Å². The van der Waals surface area contributed by atoms with E-state index in [1.807, 2.05) is 36.4 Å². The van der Waals surface area contributed by atoms with E-state index in [2.05, 4.69) is 35.0 Å². The summed E-state index contributed by atoms with van der Waals surface area (Å²) in [5.41, 5.74) is 2.23. The molecule has 0 aromatic heterocycles. The van der Waals surface area contributed by atoms with Crippen molar-refractivity contribution in [3.05, 3.63) is 65.7 Å². The molecule has 1 heterocycles. The summed E-state index contributed by atoms with van der Waals surface area (Å²) in [6.45, 7) is 4.68. The van der Waals surface area contributed by atoms with E-state index >= 15 is 0 Å². The largest absolute Gasteiger partial charge is 0.489 e. The summed E-state index contributed by atoms with van der Waals surface area (Å²) in [6.07, 6.45) is 0. The number of piperazine rings is 1. The molecule has 2 aromatic rings. The summed E-state index contributed by atoms with van der Waals surface area (Å²) in [7, 11) is 2.15. The summed E-state index contributed by atoms with van der Waals surface area (Å²) in [6, 6.07) is 18.3. The van der Waals surface area contributed by atoms with E-state index in [1.54, 1.807) is 0 Å². The molecule has 23 heavy (non-hydrogen) atoms. The van der Waals surface area contributed by atoms with E-state index in [4.69, 9.17) is 17.0 Å². The quantitative estimate of drug-likeness (QED) is 0.802. The Bertz CT molecular complexity index is 651. The summed E-state index contributed by atoms with van der Waals surface area (Å²) in [5.74, 6) is 0.864. The molecular weight excluding hydrogens is 304 g/mol. The first-order valence-electron chi connectivity index (χ1n) is 7.97. The van der Waals surface area contributed by atoms with Gasteiger partial charge in [0.15, 0.2) is 0 Å². The lowest BCUT2D eigenvalue weighted by Gasteiger charge is -2.34. The Kier molecular flexibility index (Phi) is 5.26. The molecule has 0 N–H and O–H groups in total. The minimum Gasteiger partial charge on any atom is -0.489 e. The van der Waals surface area contributed by atoms with E-state index in [0.717, 1.165) is 42.5 Å². The Morgan fingerprint density at radius 3 is 2.48 bits per heavy atom. The number of likely N-dealkylation sites (N-methyl/N-ethyl adjacent to an activating group) is 1. The van der Waals surface area contributed by atoms with Crippen molar-refractivity contribution in [3.8, 4) is 5.75 Å². The summed E-state index contributed by atoms with van der Waals surface area (Å²) < 4.78 is 5.90. The van der Waals surface area contributed by atoms with Gasteiger partial charge in [0, 0.05) is 31.7 Å². The van der Waals surface area contributed by atoms with Crippen molar-refractivity contribution >= 4 is 17.2 Å². The van der Waals surface area contributed by atoms with Crippen LogP contribution in [0.15, 0.2) is 54.6 Å². The highest BCUT2D eigenvalue weighted by Crippen LogP contribution is 2.18. The number of hydrogen-bond acceptors (Lipinski definition) is 3. The van der Waals surface area contributed by atoms with Crippen LogP contribution in [-0.2, 0) is 6.61 Å². The van der Waals surface area contributed by atoms with Gasteiger partial charge in [0.1, 0.15) is 17.3 Å². The first-order valence-corrected chi connectivity index (χ1v) is 8.38. The van der Waals surface area contributed by atoms with Crippen LogP contribution in [-0.4, -0.2) is 48.0 Å². The molecule has 120 valence electrons.